The zero-order chi connectivity index (χ0) is 86.1. The maximum Gasteiger partial charge on any atom is 0.418 e. The SMILES string of the molecule is Cc1cccc(-c2cccc(Oc3cc4c5c(cc(Oc6cccc(-c7cccc(C)c7)c6)c6c7c(Oc8cccc(-c9cccc(C)c9)c8)cc8c9c(cc(Oc%10cccc(-c%11cccc(C)c%11)c%10)c(c3c56)c97)C(=O)N(C(C(=O)NC(C(F)(F)F)C(F)(F)F)C(F)(F)F)C8=O)C(=O)N(C(C(=O)NC(C(F)(F)F)C(F)(F)F)C(F)(F)F)C4=O)c2)c1. The van der Waals surface area contributed by atoms with E-state index < -0.39 is 195 Å². The summed E-state index contributed by atoms with van der Waals surface area (Å²) in [7, 11) is 0. The Hall–Kier alpha value is -13.7. The molecular weight excluding hydrogens is 1610 g/mol. The number of halogens is 18. The summed E-state index contributed by atoms with van der Waals surface area (Å²) in [6.07, 6.45) is -39.3. The first-order valence-corrected chi connectivity index (χ1v) is 35.9. The van der Waals surface area contributed by atoms with Gasteiger partial charge in [-0.05, 0) is 145 Å². The maximum absolute atomic E-state index is 16.2. The summed E-state index contributed by atoms with van der Waals surface area (Å²) in [4.78, 5) is 90.3. The van der Waals surface area contributed by atoms with Crippen LogP contribution in [0.4, 0.5) is 79.0 Å². The molecule has 2 N–H and O–H groups in total. The molecule has 2 unspecified atom stereocenters. The molecule has 0 saturated heterocycles. The molecule has 13 aromatic carbocycles. The minimum absolute atomic E-state index is 0.288. The summed E-state index contributed by atoms with van der Waals surface area (Å²) in [5, 5.41) is -4.59. The molecule has 0 saturated carbocycles. The highest BCUT2D eigenvalue weighted by Crippen LogP contribution is 2.59. The van der Waals surface area contributed by atoms with Crippen molar-refractivity contribution in [3.63, 3.8) is 0 Å². The van der Waals surface area contributed by atoms with Crippen LogP contribution in [0.25, 0.3) is 87.6 Å². The molecule has 612 valence electrons. The number of hydrogen-bond donors (Lipinski definition) is 2. The third-order valence-corrected chi connectivity index (χ3v) is 20.1. The van der Waals surface area contributed by atoms with Gasteiger partial charge in [0.2, 0.25) is 24.2 Å². The number of benzene rings is 13. The molecule has 2 heterocycles. The van der Waals surface area contributed by atoms with E-state index in [2.05, 4.69) is 0 Å². The normalized spacial score (nSPS) is 14.1. The third kappa shape index (κ3) is 15.2. The van der Waals surface area contributed by atoms with Crippen LogP contribution in [-0.4, -0.2) is 106 Å². The van der Waals surface area contributed by atoms with E-state index >= 15 is 45.5 Å². The van der Waals surface area contributed by atoms with Crippen molar-refractivity contribution in [1.82, 2.24) is 20.4 Å². The molecular formula is C88H54F18N4O10. The summed E-state index contributed by atoms with van der Waals surface area (Å²) in [5.41, 5.74) is 1.54. The Morgan fingerprint density at radius 1 is 0.267 bits per heavy atom. The van der Waals surface area contributed by atoms with Crippen molar-refractivity contribution in [3.8, 4) is 90.5 Å². The predicted octanol–water partition coefficient (Wildman–Crippen LogP) is 23.1. The molecule has 15 rings (SSSR count). The molecule has 13 aromatic rings. The van der Waals surface area contributed by atoms with Crippen LogP contribution >= 0.6 is 0 Å². The summed E-state index contributed by atoms with van der Waals surface area (Å²) in [5.74, 6) is -20.0. The lowest BCUT2D eigenvalue weighted by Gasteiger charge is -2.37. The number of amides is 6. The lowest BCUT2D eigenvalue weighted by atomic mass is 9.80. The van der Waals surface area contributed by atoms with Gasteiger partial charge >= 0.3 is 37.1 Å². The second-order valence-corrected chi connectivity index (χ2v) is 28.6. The molecule has 0 radical (unpaired) electrons. The molecule has 2 aliphatic rings. The zero-order valence-electron chi connectivity index (χ0n) is 61.9. The molecule has 0 bridgehead atoms. The highest BCUT2D eigenvalue weighted by molar-refractivity contribution is 6.45. The van der Waals surface area contributed by atoms with Crippen LogP contribution in [0.1, 0.15) is 63.7 Å². The van der Waals surface area contributed by atoms with Crippen LogP contribution < -0.4 is 29.6 Å². The van der Waals surface area contributed by atoms with E-state index in [-0.39, 0.29) is 33.6 Å². The Kier molecular flexibility index (Phi) is 20.2. The second-order valence-electron chi connectivity index (χ2n) is 28.6. The van der Waals surface area contributed by atoms with E-state index in [4.69, 9.17) is 18.9 Å². The van der Waals surface area contributed by atoms with Crippen molar-refractivity contribution in [2.24, 2.45) is 0 Å². The van der Waals surface area contributed by atoms with E-state index in [0.717, 1.165) is 0 Å². The number of carbonyl (C=O) groups is 6. The molecule has 0 spiro atoms. The molecule has 0 aliphatic carbocycles. The fourth-order valence-corrected chi connectivity index (χ4v) is 15.1. The first-order chi connectivity index (χ1) is 56.4. The van der Waals surface area contributed by atoms with Gasteiger partial charge in [-0.25, -0.2) is 0 Å². The third-order valence-electron chi connectivity index (χ3n) is 20.1. The van der Waals surface area contributed by atoms with Crippen molar-refractivity contribution in [2.75, 3.05) is 0 Å². The second kappa shape index (κ2) is 29.7. The average Bonchev–Trinajstić information content (AvgIpc) is 0.668. The van der Waals surface area contributed by atoms with Crippen molar-refractivity contribution >= 4 is 78.5 Å². The number of rotatable bonds is 18. The summed E-state index contributed by atoms with van der Waals surface area (Å²) in [6.45, 7) is 6.96. The standard InChI is InChI=1S/C88H54F18N4O10/c1-41-13-5-17-45(29-41)49-21-9-25-53(33-49)117-61-37-57-65-58(78(114)109(77(57)113)73(83(89,90)91)75(111)107-81(85(95,96)97)86(98,99)100)39-63(119-55-27-11-23-51(35-55)47-19-7-15-43(3)31-47)69-70-64(120-56-28-12-24-52(36-56)48-20-8-16-44(4)32-48)40-60-66-59(79(115)110(80(60)116)74(84(92,93)94)76(112)108-82(87(101,102)103)88(104,105)106)38-62(68(72(66)70)67(61)71(65)69)118-54-26-10-22-50(34-54)46-18-6-14-42(2)30-46/h5-40,73-74,81-82H,1-4H3,(H,107,111)(H,108,112). The largest absolute Gasteiger partial charge is 0.457 e. The van der Waals surface area contributed by atoms with Crippen LogP contribution in [0.15, 0.2) is 218 Å². The van der Waals surface area contributed by atoms with Crippen LogP contribution in [-0.2, 0) is 9.59 Å². The highest BCUT2D eigenvalue weighted by atomic mass is 19.4. The van der Waals surface area contributed by atoms with Gasteiger partial charge in [-0.1, -0.05) is 168 Å². The minimum Gasteiger partial charge on any atom is -0.457 e. The molecule has 2 atom stereocenters. The van der Waals surface area contributed by atoms with E-state index in [0.29, 0.717) is 91.0 Å². The molecule has 14 nitrogen and oxygen atoms in total. The van der Waals surface area contributed by atoms with Gasteiger partial charge < -0.3 is 29.6 Å². The summed E-state index contributed by atoms with van der Waals surface area (Å²) >= 11 is 0. The van der Waals surface area contributed by atoms with E-state index in [1.54, 1.807) is 149 Å². The number of carbonyl (C=O) groups excluding carboxylic acids is 6. The summed E-state index contributed by atoms with van der Waals surface area (Å²) < 4.78 is 297. The average molecular weight is 1670 g/mol. The van der Waals surface area contributed by atoms with Gasteiger partial charge in [-0.3, -0.25) is 38.6 Å². The number of aryl methyl sites for hydroxylation is 4. The number of nitrogens with one attached hydrogen (secondary N) is 2. The van der Waals surface area contributed by atoms with Crippen molar-refractivity contribution in [2.45, 2.75) is 88.9 Å². The van der Waals surface area contributed by atoms with Gasteiger partial charge in [0.15, 0.2) is 0 Å². The number of nitrogens with zero attached hydrogens (tertiary/aromatic N) is 2. The Bertz CT molecular complexity index is 5710. The van der Waals surface area contributed by atoms with Gasteiger partial charge in [-0.15, -0.1) is 0 Å². The van der Waals surface area contributed by atoms with Crippen LogP contribution in [0, 0.1) is 27.7 Å². The topological polar surface area (TPSA) is 170 Å². The van der Waals surface area contributed by atoms with Gasteiger partial charge in [0.05, 0.1) is 22.3 Å². The fraction of sp³-hybridized carbons (Fsp3) is 0.159. The van der Waals surface area contributed by atoms with Crippen molar-refractivity contribution in [3.05, 3.63) is 263 Å². The molecule has 0 aromatic heterocycles. The molecule has 2 aliphatic heterocycles. The number of fused-ring (bicyclic) bond motifs is 2. The smallest absolute Gasteiger partial charge is 0.418 e. The first-order valence-electron chi connectivity index (χ1n) is 35.9. The van der Waals surface area contributed by atoms with Crippen LogP contribution in [0.5, 0.6) is 46.0 Å². The predicted molar refractivity (Wildman–Crippen MR) is 403 cm³/mol. The molecule has 0 fully saturated rings. The van der Waals surface area contributed by atoms with Gasteiger partial charge in [-0.2, -0.15) is 79.0 Å². The lowest BCUT2D eigenvalue weighted by Crippen LogP contribution is -2.64. The van der Waals surface area contributed by atoms with Crippen molar-refractivity contribution < 1.29 is 127 Å². The maximum atomic E-state index is 16.2. The first kappa shape index (κ1) is 81.5. The zero-order valence-corrected chi connectivity index (χ0v) is 61.9. The Balaban J connectivity index is 1.13. The van der Waals surface area contributed by atoms with E-state index in [1.165, 1.54) is 72.8 Å². The van der Waals surface area contributed by atoms with Crippen LogP contribution in [0.3, 0.4) is 0 Å². The highest BCUT2D eigenvalue weighted by Gasteiger charge is 2.64. The Labute approximate surface area is 665 Å². The fourth-order valence-electron chi connectivity index (χ4n) is 15.1. The Morgan fingerprint density at radius 3 is 0.658 bits per heavy atom. The van der Waals surface area contributed by atoms with Gasteiger partial charge in [0, 0.05) is 43.1 Å². The molecule has 32 heteroatoms. The van der Waals surface area contributed by atoms with Crippen molar-refractivity contribution in [1.29, 1.82) is 0 Å². The quantitative estimate of drug-likeness (QED) is 0.0365. The van der Waals surface area contributed by atoms with E-state index in [1.807, 2.05) is 0 Å². The van der Waals surface area contributed by atoms with E-state index in [9.17, 15) is 62.3 Å². The molecule has 120 heavy (non-hydrogen) atoms. The van der Waals surface area contributed by atoms with Crippen LogP contribution in [0.2, 0.25) is 0 Å². The minimum atomic E-state index is -6.59. The summed E-state index contributed by atoms with van der Waals surface area (Å²) in [6, 6.07) is 33.2. The Morgan fingerprint density at radius 2 is 0.467 bits per heavy atom. The lowest BCUT2D eigenvalue weighted by molar-refractivity contribution is -0.260. The number of hydrogen-bond acceptors (Lipinski definition) is 10. The number of ether oxygens (including phenoxy) is 4. The number of imide groups is 2. The number of alkyl halides is 18. The van der Waals surface area contributed by atoms with Gasteiger partial charge in [0.25, 0.3) is 35.4 Å². The monoisotopic (exact) mass is 1670 g/mol. The van der Waals surface area contributed by atoms with Gasteiger partial charge in [0.1, 0.15) is 46.0 Å². The molecule has 6 amide bonds.